The van der Waals surface area contributed by atoms with Crippen LogP contribution in [0.15, 0.2) is 72.9 Å². The van der Waals surface area contributed by atoms with Gasteiger partial charge in [-0.15, -0.1) is 0 Å². The van der Waals surface area contributed by atoms with Crippen LogP contribution in [0.1, 0.15) is 271 Å². The lowest BCUT2D eigenvalue weighted by atomic mass is 10.0. The highest BCUT2D eigenvalue weighted by Crippen LogP contribution is 2.15. The van der Waals surface area contributed by atoms with Crippen LogP contribution in [-0.4, -0.2) is 37.2 Å². The molecule has 0 aromatic heterocycles. The molecule has 0 fully saturated rings. The van der Waals surface area contributed by atoms with Crippen molar-refractivity contribution in [1.29, 1.82) is 0 Å². The zero-order valence-corrected chi connectivity index (χ0v) is 43.4. The molecule has 66 heavy (non-hydrogen) atoms. The number of esters is 3. The van der Waals surface area contributed by atoms with Gasteiger partial charge in [0.15, 0.2) is 6.10 Å². The lowest BCUT2D eigenvalue weighted by molar-refractivity contribution is -0.167. The second kappa shape index (κ2) is 54.5. The molecule has 0 amide bonds. The van der Waals surface area contributed by atoms with Crippen LogP contribution in [-0.2, 0) is 28.6 Å². The molecule has 1 atom stereocenters. The topological polar surface area (TPSA) is 78.9 Å². The Morgan fingerprint density at radius 2 is 0.606 bits per heavy atom. The molecule has 6 nitrogen and oxygen atoms in total. The predicted molar refractivity (Wildman–Crippen MR) is 284 cm³/mol. The Hall–Kier alpha value is -3.15. The largest absolute Gasteiger partial charge is 0.462 e. The minimum atomic E-state index is -0.799. The number of hydrogen-bond donors (Lipinski definition) is 0. The maximum atomic E-state index is 12.8. The van der Waals surface area contributed by atoms with Crippen LogP contribution in [0, 0.1) is 0 Å². The van der Waals surface area contributed by atoms with Crippen molar-refractivity contribution >= 4 is 17.9 Å². The van der Waals surface area contributed by atoms with E-state index in [1.165, 1.54) is 148 Å². The van der Waals surface area contributed by atoms with E-state index in [1.54, 1.807) is 0 Å². The first-order valence-corrected chi connectivity index (χ1v) is 27.9. The third kappa shape index (κ3) is 51.8. The van der Waals surface area contributed by atoms with Crippen LogP contribution in [0.2, 0.25) is 0 Å². The zero-order valence-electron chi connectivity index (χ0n) is 43.4. The normalized spacial score (nSPS) is 12.6. The number of hydrogen-bond acceptors (Lipinski definition) is 6. The molecule has 0 aliphatic carbocycles. The summed E-state index contributed by atoms with van der Waals surface area (Å²) in [6.45, 7) is 6.49. The van der Waals surface area contributed by atoms with Gasteiger partial charge in [-0.1, -0.05) is 241 Å². The Kier molecular flexibility index (Phi) is 51.9. The van der Waals surface area contributed by atoms with Gasteiger partial charge in [0.05, 0.1) is 0 Å². The summed E-state index contributed by atoms with van der Waals surface area (Å²) in [5.74, 6) is -0.950. The summed E-state index contributed by atoms with van der Waals surface area (Å²) in [6, 6.07) is 0. The maximum Gasteiger partial charge on any atom is 0.306 e. The van der Waals surface area contributed by atoms with Crippen LogP contribution in [0.25, 0.3) is 0 Å². The summed E-state index contributed by atoms with van der Waals surface area (Å²) in [6.07, 6.45) is 68.9. The summed E-state index contributed by atoms with van der Waals surface area (Å²) in [5, 5.41) is 0. The standard InChI is InChI=1S/C60H104O6/c1-4-7-10-13-16-19-22-25-28-30-32-35-38-41-44-47-50-53-59(62)65-56-57(55-64-58(61)52-49-46-43-40-37-34-27-24-21-18-15-12-9-6-3)66-60(63)54-51-48-45-42-39-36-33-31-29-26-23-20-17-14-11-8-5-2/h7,10,16,19,25-26,28-29,32,35,41,44,57H,4-6,8-9,11-15,17-18,20-24,27,30-31,33-34,36-40,42-43,45-56H2,1-3H3/b10-7+,19-16+,28-25+,29-26+,35-32+,44-41+/t57-/m1/s1. The number of carbonyl (C=O) groups excluding carboxylic acids is 3. The third-order valence-corrected chi connectivity index (χ3v) is 11.9. The fourth-order valence-electron chi connectivity index (χ4n) is 7.77. The van der Waals surface area contributed by atoms with Gasteiger partial charge in [-0.2, -0.15) is 0 Å². The molecule has 380 valence electrons. The number of allylic oxidation sites excluding steroid dienone is 12. The highest BCUT2D eigenvalue weighted by atomic mass is 16.6. The highest BCUT2D eigenvalue weighted by molar-refractivity contribution is 5.71. The van der Waals surface area contributed by atoms with E-state index in [0.29, 0.717) is 19.3 Å². The molecule has 0 unspecified atom stereocenters. The summed E-state index contributed by atoms with van der Waals surface area (Å²) < 4.78 is 16.8. The molecule has 0 heterocycles. The third-order valence-electron chi connectivity index (χ3n) is 11.9. The second-order valence-electron chi connectivity index (χ2n) is 18.5. The lowest BCUT2D eigenvalue weighted by Gasteiger charge is -2.18. The smallest absolute Gasteiger partial charge is 0.306 e. The van der Waals surface area contributed by atoms with E-state index in [1.807, 2.05) is 0 Å². The summed E-state index contributed by atoms with van der Waals surface area (Å²) in [5.41, 5.74) is 0. The fraction of sp³-hybridized carbons (Fsp3) is 0.750. The average molecular weight is 921 g/mol. The first-order valence-electron chi connectivity index (χ1n) is 27.9. The highest BCUT2D eigenvalue weighted by Gasteiger charge is 2.19. The van der Waals surface area contributed by atoms with Gasteiger partial charge in [-0.3, -0.25) is 14.4 Å². The molecule has 0 aromatic carbocycles. The number of rotatable bonds is 50. The van der Waals surface area contributed by atoms with Gasteiger partial charge in [0.1, 0.15) is 13.2 Å². The Morgan fingerprint density at radius 1 is 0.318 bits per heavy atom. The zero-order chi connectivity index (χ0) is 47.9. The van der Waals surface area contributed by atoms with Crippen LogP contribution in [0.4, 0.5) is 0 Å². The van der Waals surface area contributed by atoms with E-state index in [2.05, 4.69) is 93.7 Å². The van der Waals surface area contributed by atoms with Crippen LogP contribution >= 0.6 is 0 Å². The minimum absolute atomic E-state index is 0.0925. The Balaban J connectivity index is 4.46. The first kappa shape index (κ1) is 62.8. The molecular formula is C60H104O6. The Morgan fingerprint density at radius 3 is 1.00 bits per heavy atom. The second-order valence-corrected chi connectivity index (χ2v) is 18.5. The molecule has 0 spiro atoms. The molecule has 0 aliphatic rings. The van der Waals surface area contributed by atoms with Crippen LogP contribution in [0.3, 0.4) is 0 Å². The van der Waals surface area contributed by atoms with Crippen molar-refractivity contribution in [3.8, 4) is 0 Å². The van der Waals surface area contributed by atoms with Crippen LogP contribution in [0.5, 0.6) is 0 Å². The number of unbranched alkanes of at least 4 members (excludes halogenated alkanes) is 27. The molecule has 0 radical (unpaired) electrons. The first-order chi connectivity index (χ1) is 32.5. The molecule has 0 aliphatic heterocycles. The van der Waals surface area contributed by atoms with Crippen molar-refractivity contribution in [3.63, 3.8) is 0 Å². The SMILES string of the molecule is CC/C=C/C/C=C/C/C=C/C/C=C/C/C=C/CCCC(=O)OC[C@@H](COC(=O)CCCCCCCCCCCCCCCC)OC(=O)CCCCCCCCC/C=C/CCCCCCCC. The Bertz CT molecular complexity index is 1240. The van der Waals surface area contributed by atoms with Crippen molar-refractivity contribution in [2.75, 3.05) is 13.2 Å². The predicted octanol–water partition coefficient (Wildman–Crippen LogP) is 18.6. The van der Waals surface area contributed by atoms with Gasteiger partial charge in [0, 0.05) is 19.3 Å². The van der Waals surface area contributed by atoms with E-state index >= 15 is 0 Å². The Labute approximate surface area is 408 Å². The van der Waals surface area contributed by atoms with Gasteiger partial charge in [0.2, 0.25) is 0 Å². The van der Waals surface area contributed by atoms with E-state index < -0.39 is 6.10 Å². The molecule has 0 saturated carbocycles. The van der Waals surface area contributed by atoms with E-state index in [9.17, 15) is 14.4 Å². The average Bonchev–Trinajstić information content (AvgIpc) is 3.31. The fourth-order valence-corrected chi connectivity index (χ4v) is 7.77. The van der Waals surface area contributed by atoms with Gasteiger partial charge in [-0.25, -0.2) is 0 Å². The molecule has 0 bridgehead atoms. The van der Waals surface area contributed by atoms with E-state index in [0.717, 1.165) is 77.0 Å². The number of carbonyl (C=O) groups is 3. The van der Waals surface area contributed by atoms with E-state index in [4.69, 9.17) is 14.2 Å². The molecule has 0 rings (SSSR count). The molecule has 0 N–H and O–H groups in total. The van der Waals surface area contributed by atoms with E-state index in [-0.39, 0.29) is 37.5 Å². The monoisotopic (exact) mass is 921 g/mol. The lowest BCUT2D eigenvalue weighted by Crippen LogP contribution is -2.30. The molecule has 0 saturated heterocycles. The van der Waals surface area contributed by atoms with Crippen LogP contribution < -0.4 is 0 Å². The number of ether oxygens (including phenoxy) is 3. The van der Waals surface area contributed by atoms with Crippen molar-refractivity contribution in [2.45, 2.75) is 277 Å². The quantitative estimate of drug-likeness (QED) is 0.0262. The summed E-state index contributed by atoms with van der Waals surface area (Å²) in [4.78, 5) is 38.1. The maximum absolute atomic E-state index is 12.8. The van der Waals surface area contributed by atoms with Crippen molar-refractivity contribution < 1.29 is 28.6 Å². The van der Waals surface area contributed by atoms with Crippen molar-refractivity contribution in [3.05, 3.63) is 72.9 Å². The molecule has 0 aromatic rings. The minimum Gasteiger partial charge on any atom is -0.462 e. The van der Waals surface area contributed by atoms with Crippen molar-refractivity contribution in [2.24, 2.45) is 0 Å². The van der Waals surface area contributed by atoms with Crippen molar-refractivity contribution in [1.82, 2.24) is 0 Å². The van der Waals surface area contributed by atoms with Gasteiger partial charge >= 0.3 is 17.9 Å². The summed E-state index contributed by atoms with van der Waals surface area (Å²) in [7, 11) is 0. The van der Waals surface area contributed by atoms with Gasteiger partial charge in [0.25, 0.3) is 0 Å². The molecular weight excluding hydrogens is 817 g/mol. The molecule has 6 heteroatoms. The van der Waals surface area contributed by atoms with Gasteiger partial charge < -0.3 is 14.2 Å². The summed E-state index contributed by atoms with van der Waals surface area (Å²) >= 11 is 0. The van der Waals surface area contributed by atoms with Gasteiger partial charge in [-0.05, 0) is 83.5 Å².